The van der Waals surface area contributed by atoms with Gasteiger partial charge in [0.05, 0.1) is 36.1 Å². The van der Waals surface area contributed by atoms with Gasteiger partial charge in [-0.1, -0.05) is 17.7 Å². The lowest BCUT2D eigenvalue weighted by atomic mass is 10.1. The molecular weight excluding hydrogens is 430 g/mol. The molecule has 0 fully saturated rings. The van der Waals surface area contributed by atoms with Crippen LogP contribution in [0.4, 0.5) is 0 Å². The van der Waals surface area contributed by atoms with Gasteiger partial charge in [0.25, 0.3) is 0 Å². The fourth-order valence-electron chi connectivity index (χ4n) is 3.49. The van der Waals surface area contributed by atoms with E-state index in [-0.39, 0.29) is 11.4 Å². The Bertz CT molecular complexity index is 1230. The molecule has 1 atom stereocenters. The topological polar surface area (TPSA) is 92.4 Å². The minimum absolute atomic E-state index is 0.280. The first-order chi connectivity index (χ1) is 14.2. The zero-order valence-electron chi connectivity index (χ0n) is 17.3. The highest BCUT2D eigenvalue weighted by atomic mass is 35.5. The standard InChI is InChI=1S/C20H24ClN3O5S/c1-5-23-15-10-14(21)11-22-19(15)24(20(23)25)16(12-30(4,26)27)13-7-8-17(28-3)18(9-13)29-6-2/h7-11,16H,5-6,12H2,1-4H3/t16-/m1/s1. The van der Waals surface area contributed by atoms with Crippen LogP contribution in [0.15, 0.2) is 35.3 Å². The molecule has 0 N–H and O–H groups in total. The Balaban J connectivity index is 2.31. The van der Waals surface area contributed by atoms with Gasteiger partial charge in [0.15, 0.2) is 17.1 Å². The summed E-state index contributed by atoms with van der Waals surface area (Å²) < 4.78 is 38.5. The number of nitrogens with zero attached hydrogens (tertiary/aromatic N) is 3. The molecule has 3 rings (SSSR count). The van der Waals surface area contributed by atoms with Crippen LogP contribution in [0.2, 0.25) is 5.02 Å². The number of hydrogen-bond acceptors (Lipinski definition) is 6. The Morgan fingerprint density at radius 2 is 1.93 bits per heavy atom. The average Bonchev–Trinajstić information content (AvgIpc) is 2.96. The van der Waals surface area contributed by atoms with E-state index >= 15 is 0 Å². The quantitative estimate of drug-likeness (QED) is 0.520. The number of fused-ring (bicyclic) bond motifs is 1. The minimum Gasteiger partial charge on any atom is -0.493 e. The number of methoxy groups -OCH3 is 1. The normalized spacial score (nSPS) is 12.8. The molecule has 0 saturated carbocycles. The molecule has 30 heavy (non-hydrogen) atoms. The third kappa shape index (κ3) is 4.32. The van der Waals surface area contributed by atoms with Crippen molar-refractivity contribution >= 4 is 32.6 Å². The number of aryl methyl sites for hydroxylation is 1. The van der Waals surface area contributed by atoms with Gasteiger partial charge < -0.3 is 9.47 Å². The molecule has 10 heteroatoms. The van der Waals surface area contributed by atoms with Gasteiger partial charge >= 0.3 is 5.69 Å². The lowest BCUT2D eigenvalue weighted by molar-refractivity contribution is 0.310. The van der Waals surface area contributed by atoms with Crippen molar-refractivity contribution < 1.29 is 17.9 Å². The highest BCUT2D eigenvalue weighted by molar-refractivity contribution is 7.90. The van der Waals surface area contributed by atoms with Crippen molar-refractivity contribution in [1.82, 2.24) is 14.1 Å². The second-order valence-electron chi connectivity index (χ2n) is 6.84. The Morgan fingerprint density at radius 1 is 1.20 bits per heavy atom. The van der Waals surface area contributed by atoms with Crippen LogP contribution >= 0.6 is 11.6 Å². The summed E-state index contributed by atoms with van der Waals surface area (Å²) in [7, 11) is -1.92. The van der Waals surface area contributed by atoms with Crippen LogP contribution in [0.25, 0.3) is 11.2 Å². The molecule has 0 bridgehead atoms. The van der Waals surface area contributed by atoms with Crippen LogP contribution in [-0.2, 0) is 16.4 Å². The average molecular weight is 454 g/mol. The first-order valence-corrected chi connectivity index (χ1v) is 11.9. The Hall–Kier alpha value is -2.52. The van der Waals surface area contributed by atoms with Crippen LogP contribution < -0.4 is 15.2 Å². The fourth-order valence-corrected chi connectivity index (χ4v) is 4.56. The summed E-state index contributed by atoms with van der Waals surface area (Å²) in [5.41, 5.74) is 1.16. The Labute approximate surface area is 179 Å². The number of rotatable bonds is 8. The fraction of sp³-hybridized carbons (Fsp3) is 0.400. The molecule has 0 aliphatic heterocycles. The molecule has 2 heterocycles. The highest BCUT2D eigenvalue weighted by Gasteiger charge is 2.27. The summed E-state index contributed by atoms with van der Waals surface area (Å²) in [6.07, 6.45) is 2.58. The van der Waals surface area contributed by atoms with Crippen molar-refractivity contribution in [3.63, 3.8) is 0 Å². The molecule has 0 saturated heterocycles. The molecule has 0 amide bonds. The van der Waals surface area contributed by atoms with Gasteiger partial charge in [-0.3, -0.25) is 9.13 Å². The number of ether oxygens (including phenoxy) is 2. The van der Waals surface area contributed by atoms with Crippen LogP contribution in [-0.4, -0.2) is 48.3 Å². The van der Waals surface area contributed by atoms with E-state index in [0.717, 1.165) is 6.26 Å². The summed E-state index contributed by atoms with van der Waals surface area (Å²) in [4.78, 5) is 17.6. The molecule has 3 aromatic rings. The van der Waals surface area contributed by atoms with E-state index in [1.165, 1.54) is 22.4 Å². The molecule has 8 nitrogen and oxygen atoms in total. The molecule has 0 aliphatic rings. The van der Waals surface area contributed by atoms with Crippen molar-refractivity contribution in [3.8, 4) is 11.5 Å². The zero-order valence-corrected chi connectivity index (χ0v) is 18.8. The minimum atomic E-state index is -3.45. The number of hydrogen-bond donors (Lipinski definition) is 0. The summed E-state index contributed by atoms with van der Waals surface area (Å²) in [6, 6.07) is 5.98. The third-order valence-corrected chi connectivity index (χ3v) is 5.86. The third-order valence-electron chi connectivity index (χ3n) is 4.73. The largest absolute Gasteiger partial charge is 0.493 e. The van der Waals surface area contributed by atoms with E-state index in [2.05, 4.69) is 4.98 Å². The summed E-state index contributed by atoms with van der Waals surface area (Å²) in [5, 5.41) is 0.393. The number of benzene rings is 1. The van der Waals surface area contributed by atoms with Crippen molar-refractivity contribution in [1.29, 1.82) is 0 Å². The van der Waals surface area contributed by atoms with Crippen molar-refractivity contribution in [2.45, 2.75) is 26.4 Å². The van der Waals surface area contributed by atoms with Gasteiger partial charge in [0, 0.05) is 19.0 Å². The molecule has 1 aromatic carbocycles. The predicted octanol–water partition coefficient (Wildman–Crippen LogP) is 2.91. The van der Waals surface area contributed by atoms with E-state index in [0.29, 0.717) is 46.4 Å². The van der Waals surface area contributed by atoms with Gasteiger partial charge in [0.2, 0.25) is 0 Å². The van der Waals surface area contributed by atoms with E-state index in [4.69, 9.17) is 21.1 Å². The van der Waals surface area contributed by atoms with Gasteiger partial charge in [-0.15, -0.1) is 0 Å². The van der Waals surface area contributed by atoms with Crippen LogP contribution in [0.5, 0.6) is 11.5 Å². The second kappa shape index (κ2) is 8.69. The lowest BCUT2D eigenvalue weighted by Crippen LogP contribution is -2.31. The van der Waals surface area contributed by atoms with E-state index in [1.54, 1.807) is 24.3 Å². The number of aromatic nitrogens is 3. The number of imidazole rings is 1. The molecule has 2 aromatic heterocycles. The Kier molecular flexibility index (Phi) is 6.42. The summed E-state index contributed by atoms with van der Waals surface area (Å²) >= 11 is 6.09. The second-order valence-corrected chi connectivity index (χ2v) is 9.47. The molecule has 0 aliphatic carbocycles. The van der Waals surface area contributed by atoms with Crippen LogP contribution in [0, 0.1) is 0 Å². The highest BCUT2D eigenvalue weighted by Crippen LogP contribution is 2.33. The molecule has 0 unspecified atom stereocenters. The van der Waals surface area contributed by atoms with E-state index < -0.39 is 15.9 Å². The number of halogens is 1. The van der Waals surface area contributed by atoms with Gasteiger partial charge in [-0.2, -0.15) is 0 Å². The first-order valence-electron chi connectivity index (χ1n) is 9.44. The Morgan fingerprint density at radius 3 is 2.53 bits per heavy atom. The van der Waals surface area contributed by atoms with Crippen LogP contribution in [0.1, 0.15) is 25.5 Å². The molecular formula is C20H24ClN3O5S. The van der Waals surface area contributed by atoms with Crippen molar-refractivity contribution in [2.75, 3.05) is 25.7 Å². The SMILES string of the molecule is CCOc1cc([C@@H](CS(C)(=O)=O)n2c(=O)n(CC)c3cc(Cl)cnc32)ccc1OC. The number of sulfone groups is 1. The maximum atomic E-state index is 13.3. The predicted molar refractivity (Wildman–Crippen MR) is 117 cm³/mol. The van der Waals surface area contributed by atoms with Crippen LogP contribution in [0.3, 0.4) is 0 Å². The molecule has 0 radical (unpaired) electrons. The maximum Gasteiger partial charge on any atom is 0.330 e. The maximum absolute atomic E-state index is 13.3. The zero-order chi connectivity index (χ0) is 22.1. The first kappa shape index (κ1) is 22.2. The molecule has 162 valence electrons. The smallest absolute Gasteiger partial charge is 0.330 e. The monoisotopic (exact) mass is 453 g/mol. The van der Waals surface area contributed by atoms with Gasteiger partial charge in [-0.25, -0.2) is 18.2 Å². The lowest BCUT2D eigenvalue weighted by Gasteiger charge is -2.20. The molecule has 0 spiro atoms. The van der Waals surface area contributed by atoms with Gasteiger partial charge in [0.1, 0.15) is 9.84 Å². The van der Waals surface area contributed by atoms with Crippen molar-refractivity contribution in [2.24, 2.45) is 0 Å². The number of pyridine rings is 1. The van der Waals surface area contributed by atoms with Crippen molar-refractivity contribution in [3.05, 3.63) is 51.5 Å². The van der Waals surface area contributed by atoms with Gasteiger partial charge in [-0.05, 0) is 37.6 Å². The summed E-state index contributed by atoms with van der Waals surface area (Å²) in [6.45, 7) is 4.47. The summed E-state index contributed by atoms with van der Waals surface area (Å²) in [5.74, 6) is 0.712. The van der Waals surface area contributed by atoms with E-state index in [9.17, 15) is 13.2 Å². The van der Waals surface area contributed by atoms with E-state index in [1.807, 2.05) is 13.8 Å².